The van der Waals surface area contributed by atoms with Crippen LogP contribution in [0.4, 0.5) is 11.5 Å². The summed E-state index contributed by atoms with van der Waals surface area (Å²) in [6.45, 7) is 2.29. The summed E-state index contributed by atoms with van der Waals surface area (Å²) >= 11 is 0. The summed E-state index contributed by atoms with van der Waals surface area (Å²) in [6, 6.07) is 9.78. The van der Waals surface area contributed by atoms with Gasteiger partial charge in [-0.25, -0.2) is 0 Å². The van der Waals surface area contributed by atoms with Gasteiger partial charge in [0.15, 0.2) is 5.69 Å². The number of pyridine rings is 2. The van der Waals surface area contributed by atoms with Crippen LogP contribution in [0.5, 0.6) is 0 Å². The number of unbranched alkanes of at least 4 members (excludes halogenated alkanes) is 3. The quantitative estimate of drug-likeness (QED) is 0.303. The third kappa shape index (κ3) is 5.91. The predicted octanol–water partition coefficient (Wildman–Crippen LogP) is 3.90. The topological polar surface area (TPSA) is 55.1 Å². The van der Waals surface area contributed by atoms with E-state index in [4.69, 9.17) is 4.74 Å². The molecule has 0 saturated heterocycles. The monoisotopic (exact) mass is 326 g/mol. The molecule has 0 radical (unpaired) electrons. The van der Waals surface area contributed by atoms with E-state index >= 15 is 0 Å². The average Bonchev–Trinajstić information content (AvgIpc) is 2.63. The molecule has 0 spiro atoms. The van der Waals surface area contributed by atoms with Gasteiger partial charge in [0, 0.05) is 25.1 Å². The number of ether oxygens (including phenoxy) is 1. The molecule has 0 atom stereocenters. The Bertz CT molecular complexity index is 601. The molecular weight excluding hydrogens is 302 g/mol. The molecule has 24 heavy (non-hydrogen) atoms. The first-order valence-corrected chi connectivity index (χ1v) is 8.40. The number of carbonyl (C=O) groups excluding carboxylic acids is 1. The highest BCUT2D eigenvalue weighted by atomic mass is 16.5. The number of hydrogen-bond donors (Lipinski definition) is 0. The number of nitrogens with zero attached hydrogens (tertiary/aromatic N) is 3. The zero-order valence-electron chi connectivity index (χ0n) is 14.1. The second-order valence-corrected chi connectivity index (χ2v) is 5.36. The van der Waals surface area contributed by atoms with Crippen molar-refractivity contribution < 1.29 is 9.53 Å². The Morgan fingerprint density at radius 3 is 2.79 bits per heavy atom. The Morgan fingerprint density at radius 1 is 1.17 bits per heavy atom. The van der Waals surface area contributed by atoms with Crippen molar-refractivity contribution in [2.24, 2.45) is 0 Å². The lowest BCUT2D eigenvalue weighted by atomic mass is 10.1. The lowest BCUT2D eigenvalue weighted by Crippen LogP contribution is -2.07. The van der Waals surface area contributed by atoms with Crippen molar-refractivity contribution in [1.82, 2.24) is 14.5 Å². The van der Waals surface area contributed by atoms with Crippen LogP contribution >= 0.6 is 0 Å². The van der Waals surface area contributed by atoms with Gasteiger partial charge < -0.3 is 4.74 Å². The van der Waals surface area contributed by atoms with Gasteiger partial charge in [-0.2, -0.15) is 4.58 Å². The van der Waals surface area contributed by atoms with E-state index in [1.54, 1.807) is 12.4 Å². The zero-order valence-corrected chi connectivity index (χ0v) is 14.1. The minimum absolute atomic E-state index is 0.105. The van der Waals surface area contributed by atoms with E-state index in [9.17, 15) is 4.79 Å². The Labute approximate surface area is 143 Å². The highest BCUT2D eigenvalue weighted by molar-refractivity contribution is 5.70. The van der Waals surface area contributed by atoms with Crippen molar-refractivity contribution >= 4 is 23.7 Å². The van der Waals surface area contributed by atoms with E-state index in [0.29, 0.717) is 13.0 Å². The van der Waals surface area contributed by atoms with Crippen LogP contribution in [0, 0.1) is 0 Å². The Hall–Kier alpha value is -2.56. The lowest BCUT2D eigenvalue weighted by Gasteiger charge is -2.04. The molecule has 0 N–H and O–H groups in total. The summed E-state index contributed by atoms with van der Waals surface area (Å²) in [7, 11) is 0. The van der Waals surface area contributed by atoms with Gasteiger partial charge in [-0.05, 0) is 42.9 Å². The van der Waals surface area contributed by atoms with Crippen molar-refractivity contribution in [1.29, 1.82) is 0 Å². The third-order valence-electron chi connectivity index (χ3n) is 3.52. The first kappa shape index (κ1) is 17.8. The average molecular weight is 326 g/mol. The molecule has 2 heterocycles. The molecule has 0 amide bonds. The highest BCUT2D eigenvalue weighted by Crippen LogP contribution is 2.16. The van der Waals surface area contributed by atoms with Gasteiger partial charge in [-0.1, -0.05) is 12.5 Å². The minimum atomic E-state index is -0.105. The molecule has 2 aromatic rings. The molecule has 2 rings (SSSR count). The van der Waals surface area contributed by atoms with E-state index in [-0.39, 0.29) is 5.97 Å². The van der Waals surface area contributed by atoms with Crippen molar-refractivity contribution in [2.75, 3.05) is 6.61 Å². The van der Waals surface area contributed by atoms with E-state index in [0.717, 1.165) is 37.2 Å². The highest BCUT2D eigenvalue weighted by Gasteiger charge is 2.11. The molecule has 5 nitrogen and oxygen atoms in total. The second-order valence-electron chi connectivity index (χ2n) is 5.36. The van der Waals surface area contributed by atoms with Gasteiger partial charge in [-0.15, -0.1) is 0 Å². The van der Waals surface area contributed by atoms with E-state index in [2.05, 4.69) is 20.8 Å². The standard InChI is InChI=1S/C19H24N3O2/c1-2-24-19(23)12-5-3-4-8-15-22(17-10-9-13-20-16-17)18-11-6-7-14-21-18/h6-7,9-11,13-16H,2-5,8,12H2,1H3/q+1/b22-15+. The van der Waals surface area contributed by atoms with Crippen LogP contribution in [0.2, 0.25) is 0 Å². The van der Waals surface area contributed by atoms with E-state index < -0.39 is 0 Å². The van der Waals surface area contributed by atoms with Crippen molar-refractivity contribution in [2.45, 2.75) is 39.0 Å². The van der Waals surface area contributed by atoms with Gasteiger partial charge >= 0.3 is 11.8 Å². The summed E-state index contributed by atoms with van der Waals surface area (Å²) in [5.41, 5.74) is 0.989. The van der Waals surface area contributed by atoms with Crippen LogP contribution < -0.4 is 4.58 Å². The molecule has 126 valence electrons. The maximum absolute atomic E-state index is 11.3. The summed E-state index contributed by atoms with van der Waals surface area (Å²) in [5, 5.41) is 0. The molecule has 0 aliphatic heterocycles. The maximum atomic E-state index is 11.3. The van der Waals surface area contributed by atoms with Gasteiger partial charge in [0.1, 0.15) is 6.20 Å². The third-order valence-corrected chi connectivity index (χ3v) is 3.52. The molecule has 0 bridgehead atoms. The Balaban J connectivity index is 1.91. The van der Waals surface area contributed by atoms with Crippen molar-refractivity contribution in [3.05, 3.63) is 48.9 Å². The van der Waals surface area contributed by atoms with Crippen molar-refractivity contribution in [3.8, 4) is 0 Å². The Kier molecular flexibility index (Phi) is 7.60. The lowest BCUT2D eigenvalue weighted by molar-refractivity contribution is -0.143. The number of carbonyl (C=O) groups is 1. The number of hydrogen-bond acceptors (Lipinski definition) is 4. The van der Waals surface area contributed by atoms with Crippen LogP contribution in [0.15, 0.2) is 48.9 Å². The fourth-order valence-corrected chi connectivity index (χ4v) is 2.37. The summed E-state index contributed by atoms with van der Waals surface area (Å²) in [6.07, 6.45) is 11.8. The SMILES string of the molecule is CCOC(=O)CCCCC/C=[N+](\c1cccnc1)c1ccccn1. The van der Waals surface area contributed by atoms with Crippen LogP contribution in [0.25, 0.3) is 0 Å². The maximum Gasteiger partial charge on any atom is 0.327 e. The molecule has 0 saturated carbocycles. The molecule has 0 aliphatic rings. The predicted molar refractivity (Wildman–Crippen MR) is 95.7 cm³/mol. The largest absolute Gasteiger partial charge is 0.466 e. The zero-order chi connectivity index (χ0) is 17.0. The molecule has 5 heteroatoms. The summed E-state index contributed by atoms with van der Waals surface area (Å²) < 4.78 is 6.99. The van der Waals surface area contributed by atoms with Crippen LogP contribution in [0.3, 0.4) is 0 Å². The molecular formula is C19H24N3O2+. The molecule has 2 aromatic heterocycles. The number of rotatable bonds is 9. The van der Waals surface area contributed by atoms with Crippen LogP contribution in [0.1, 0.15) is 39.0 Å². The van der Waals surface area contributed by atoms with E-state index in [1.807, 2.05) is 43.5 Å². The molecule has 0 unspecified atom stereocenters. The van der Waals surface area contributed by atoms with Crippen molar-refractivity contribution in [3.63, 3.8) is 0 Å². The van der Waals surface area contributed by atoms with Gasteiger partial charge in [0.2, 0.25) is 0 Å². The van der Waals surface area contributed by atoms with Gasteiger partial charge in [0.05, 0.1) is 19.0 Å². The molecule has 0 aromatic carbocycles. The number of esters is 1. The number of aromatic nitrogens is 2. The summed E-state index contributed by atoms with van der Waals surface area (Å²) in [4.78, 5) is 19.9. The fourth-order valence-electron chi connectivity index (χ4n) is 2.37. The molecule has 0 fully saturated rings. The smallest absolute Gasteiger partial charge is 0.327 e. The molecule has 0 aliphatic carbocycles. The van der Waals surface area contributed by atoms with Gasteiger partial charge in [-0.3, -0.25) is 9.78 Å². The first-order chi connectivity index (χ1) is 11.8. The van der Waals surface area contributed by atoms with Gasteiger partial charge in [0.25, 0.3) is 0 Å². The van der Waals surface area contributed by atoms with Crippen LogP contribution in [-0.2, 0) is 9.53 Å². The second kappa shape index (κ2) is 10.3. The first-order valence-electron chi connectivity index (χ1n) is 8.40. The fraction of sp³-hybridized carbons (Fsp3) is 0.368. The summed E-state index contributed by atoms with van der Waals surface area (Å²) in [5.74, 6) is 0.768. The normalized spacial score (nSPS) is 11.3. The van der Waals surface area contributed by atoms with E-state index in [1.165, 1.54) is 0 Å². The van der Waals surface area contributed by atoms with Crippen LogP contribution in [-0.4, -0.2) is 28.8 Å². The Morgan fingerprint density at radius 2 is 2.08 bits per heavy atom. The minimum Gasteiger partial charge on any atom is -0.466 e.